The van der Waals surface area contributed by atoms with Crippen molar-refractivity contribution in [2.45, 2.75) is 50.7 Å². The van der Waals surface area contributed by atoms with Crippen LogP contribution in [0, 0.1) is 0 Å². The van der Waals surface area contributed by atoms with Crippen molar-refractivity contribution in [1.82, 2.24) is 5.32 Å². The van der Waals surface area contributed by atoms with Crippen molar-refractivity contribution < 1.29 is 9.90 Å². The molecule has 2 rings (SSSR count). The number of nitrogens with one attached hydrogen (secondary N) is 1. The first-order valence-corrected chi connectivity index (χ1v) is 6.97. The smallest absolute Gasteiger partial charge is 0.220 e. The van der Waals surface area contributed by atoms with Crippen molar-refractivity contribution in [2.24, 2.45) is 0 Å². The largest absolute Gasteiger partial charge is 0.399 e. The molecule has 0 saturated heterocycles. The summed E-state index contributed by atoms with van der Waals surface area (Å²) in [7, 11) is 0. The van der Waals surface area contributed by atoms with E-state index in [1.165, 1.54) is 0 Å². The molecule has 104 valence electrons. The number of rotatable bonds is 4. The normalized spacial score (nSPS) is 23.0. The Labute approximate surface area is 114 Å². The van der Waals surface area contributed by atoms with Crippen LogP contribution in [0.15, 0.2) is 24.3 Å². The Hall–Kier alpha value is -1.55. The van der Waals surface area contributed by atoms with Gasteiger partial charge < -0.3 is 16.2 Å². The molecule has 0 aromatic heterocycles. The number of hydrogen-bond acceptors (Lipinski definition) is 3. The van der Waals surface area contributed by atoms with E-state index in [0.717, 1.165) is 36.9 Å². The Bertz CT molecular complexity index is 434. The van der Waals surface area contributed by atoms with E-state index in [9.17, 15) is 9.90 Å². The highest BCUT2D eigenvalue weighted by atomic mass is 16.3. The molecule has 0 unspecified atom stereocenters. The maximum atomic E-state index is 11.9. The van der Waals surface area contributed by atoms with Crippen LogP contribution in [-0.2, 0) is 11.2 Å². The lowest BCUT2D eigenvalue weighted by Crippen LogP contribution is -2.45. The molecule has 1 aliphatic rings. The molecule has 0 heterocycles. The van der Waals surface area contributed by atoms with Crippen molar-refractivity contribution in [3.05, 3.63) is 29.8 Å². The van der Waals surface area contributed by atoms with Gasteiger partial charge in [-0.05, 0) is 30.9 Å². The number of aryl methyl sites for hydroxylation is 1. The van der Waals surface area contributed by atoms with Gasteiger partial charge in [-0.15, -0.1) is 0 Å². The minimum atomic E-state index is -0.389. The Morgan fingerprint density at radius 2 is 2.05 bits per heavy atom. The highest BCUT2D eigenvalue weighted by molar-refractivity contribution is 5.76. The minimum Gasteiger partial charge on any atom is -0.399 e. The van der Waals surface area contributed by atoms with Gasteiger partial charge in [-0.2, -0.15) is 0 Å². The lowest BCUT2D eigenvalue weighted by atomic mass is 9.92. The second-order valence-electron chi connectivity index (χ2n) is 5.22. The van der Waals surface area contributed by atoms with Crippen LogP contribution in [0.1, 0.15) is 37.7 Å². The maximum Gasteiger partial charge on any atom is 0.220 e. The lowest BCUT2D eigenvalue weighted by molar-refractivity contribution is -0.123. The highest BCUT2D eigenvalue weighted by Gasteiger charge is 2.24. The van der Waals surface area contributed by atoms with Gasteiger partial charge in [0.15, 0.2) is 0 Å². The molecule has 2 atom stereocenters. The van der Waals surface area contributed by atoms with E-state index >= 15 is 0 Å². The molecule has 1 aliphatic carbocycles. The summed E-state index contributed by atoms with van der Waals surface area (Å²) in [5.74, 6) is -0.00537. The minimum absolute atomic E-state index is 0.00537. The van der Waals surface area contributed by atoms with Gasteiger partial charge in [-0.25, -0.2) is 0 Å². The zero-order chi connectivity index (χ0) is 13.7. The topological polar surface area (TPSA) is 75.4 Å². The average Bonchev–Trinajstić information content (AvgIpc) is 2.40. The van der Waals surface area contributed by atoms with Gasteiger partial charge >= 0.3 is 0 Å². The summed E-state index contributed by atoms with van der Waals surface area (Å²) < 4.78 is 0. The van der Waals surface area contributed by atoms with Gasteiger partial charge in [0.25, 0.3) is 0 Å². The fraction of sp³-hybridized carbons (Fsp3) is 0.533. The molecular formula is C15H22N2O2. The van der Waals surface area contributed by atoms with Gasteiger partial charge in [0.1, 0.15) is 0 Å². The standard InChI is InChI=1S/C15H22N2O2/c16-12-6-2-1-5-11(12)9-10-15(19)17-13-7-3-4-8-14(13)18/h1-2,5-6,13-14,18H,3-4,7-10,16H2,(H,17,19)/t13-,14-/m1/s1. The number of hydrogen-bond donors (Lipinski definition) is 3. The quantitative estimate of drug-likeness (QED) is 0.722. The molecule has 1 amide bonds. The van der Waals surface area contributed by atoms with Gasteiger partial charge in [0.05, 0.1) is 12.1 Å². The Balaban J connectivity index is 1.80. The zero-order valence-electron chi connectivity index (χ0n) is 11.1. The molecule has 1 aromatic rings. The summed E-state index contributed by atoms with van der Waals surface area (Å²) in [6.07, 6.45) is 4.46. The maximum absolute atomic E-state index is 11.9. The van der Waals surface area contributed by atoms with E-state index in [0.29, 0.717) is 12.8 Å². The molecule has 1 fully saturated rings. The van der Waals surface area contributed by atoms with E-state index < -0.39 is 0 Å². The zero-order valence-corrected chi connectivity index (χ0v) is 11.1. The van der Waals surface area contributed by atoms with Crippen LogP contribution >= 0.6 is 0 Å². The van der Waals surface area contributed by atoms with Crippen LogP contribution < -0.4 is 11.1 Å². The number of carbonyl (C=O) groups is 1. The van der Waals surface area contributed by atoms with E-state index in [4.69, 9.17) is 5.73 Å². The number of carbonyl (C=O) groups excluding carboxylic acids is 1. The summed E-state index contributed by atoms with van der Waals surface area (Å²) in [4.78, 5) is 11.9. The molecule has 0 aliphatic heterocycles. The number of aliphatic hydroxyl groups excluding tert-OH is 1. The summed E-state index contributed by atoms with van der Waals surface area (Å²) >= 11 is 0. The van der Waals surface area contributed by atoms with E-state index in [1.807, 2.05) is 24.3 Å². The first kappa shape index (κ1) is 13.9. The predicted molar refractivity (Wildman–Crippen MR) is 75.6 cm³/mol. The molecule has 4 heteroatoms. The number of aliphatic hydroxyl groups is 1. The van der Waals surface area contributed by atoms with Crippen molar-refractivity contribution in [3.8, 4) is 0 Å². The Morgan fingerprint density at radius 3 is 2.79 bits per heavy atom. The third-order valence-electron chi connectivity index (χ3n) is 3.75. The SMILES string of the molecule is Nc1ccccc1CCC(=O)N[C@@H]1CCCC[C@H]1O. The molecule has 1 aromatic carbocycles. The molecule has 1 saturated carbocycles. The van der Waals surface area contributed by atoms with Crippen molar-refractivity contribution in [2.75, 3.05) is 5.73 Å². The van der Waals surface area contributed by atoms with Crippen LogP contribution in [0.4, 0.5) is 5.69 Å². The van der Waals surface area contributed by atoms with E-state index in [1.54, 1.807) is 0 Å². The lowest BCUT2D eigenvalue weighted by Gasteiger charge is -2.28. The molecule has 0 bridgehead atoms. The Kier molecular flexibility index (Phi) is 4.80. The van der Waals surface area contributed by atoms with Crippen molar-refractivity contribution in [3.63, 3.8) is 0 Å². The highest BCUT2D eigenvalue weighted by Crippen LogP contribution is 2.18. The van der Waals surface area contributed by atoms with Gasteiger partial charge in [0.2, 0.25) is 5.91 Å². The third-order valence-corrected chi connectivity index (χ3v) is 3.75. The fourth-order valence-corrected chi connectivity index (χ4v) is 2.57. The second kappa shape index (κ2) is 6.57. The van der Waals surface area contributed by atoms with Crippen LogP contribution in [0.5, 0.6) is 0 Å². The second-order valence-corrected chi connectivity index (χ2v) is 5.22. The van der Waals surface area contributed by atoms with Crippen molar-refractivity contribution in [1.29, 1.82) is 0 Å². The molecular weight excluding hydrogens is 240 g/mol. The third kappa shape index (κ3) is 3.96. The first-order chi connectivity index (χ1) is 9.16. The number of amides is 1. The van der Waals surface area contributed by atoms with Crippen LogP contribution in [0.3, 0.4) is 0 Å². The summed E-state index contributed by atoms with van der Waals surface area (Å²) in [5, 5.41) is 12.7. The summed E-state index contributed by atoms with van der Waals surface area (Å²) in [6.45, 7) is 0. The first-order valence-electron chi connectivity index (χ1n) is 6.97. The van der Waals surface area contributed by atoms with Gasteiger partial charge in [0, 0.05) is 12.1 Å². The molecule has 0 spiro atoms. The number of benzene rings is 1. The number of para-hydroxylation sites is 1. The number of nitrogens with two attached hydrogens (primary N) is 1. The fourth-order valence-electron chi connectivity index (χ4n) is 2.57. The number of anilines is 1. The molecule has 19 heavy (non-hydrogen) atoms. The van der Waals surface area contributed by atoms with Gasteiger partial charge in [-0.3, -0.25) is 4.79 Å². The van der Waals surface area contributed by atoms with Crippen LogP contribution in [-0.4, -0.2) is 23.2 Å². The molecule has 4 N–H and O–H groups in total. The number of nitrogen functional groups attached to an aromatic ring is 1. The van der Waals surface area contributed by atoms with Crippen LogP contribution in [0.2, 0.25) is 0 Å². The van der Waals surface area contributed by atoms with E-state index in [2.05, 4.69) is 5.32 Å². The molecule has 0 radical (unpaired) electrons. The van der Waals surface area contributed by atoms with Crippen molar-refractivity contribution >= 4 is 11.6 Å². The molecule has 4 nitrogen and oxygen atoms in total. The van der Waals surface area contributed by atoms with E-state index in [-0.39, 0.29) is 18.1 Å². The average molecular weight is 262 g/mol. The summed E-state index contributed by atoms with van der Waals surface area (Å²) in [5.41, 5.74) is 7.57. The predicted octanol–water partition coefficient (Wildman–Crippen LogP) is 1.62. The Morgan fingerprint density at radius 1 is 1.32 bits per heavy atom. The monoisotopic (exact) mass is 262 g/mol. The van der Waals surface area contributed by atoms with Gasteiger partial charge in [-0.1, -0.05) is 31.0 Å². The van der Waals surface area contributed by atoms with Crippen LogP contribution in [0.25, 0.3) is 0 Å². The summed E-state index contributed by atoms with van der Waals surface area (Å²) in [6, 6.07) is 7.52.